The van der Waals surface area contributed by atoms with Crippen molar-refractivity contribution in [3.8, 4) is 0 Å². The van der Waals surface area contributed by atoms with Gasteiger partial charge in [-0.1, -0.05) is 12.1 Å². The Kier molecular flexibility index (Phi) is 4.34. The normalized spacial score (nSPS) is 10.6. The van der Waals surface area contributed by atoms with E-state index in [0.29, 0.717) is 5.69 Å². The first-order chi connectivity index (χ1) is 9.97. The molecule has 1 amide bonds. The van der Waals surface area contributed by atoms with Crippen LogP contribution in [-0.4, -0.2) is 45.9 Å². The average Bonchev–Trinajstić information content (AvgIpc) is 2.87. The summed E-state index contributed by atoms with van der Waals surface area (Å²) in [5.74, 6) is -1.78. The lowest BCUT2D eigenvalue weighted by Gasteiger charge is -2.11. The molecule has 0 saturated carbocycles. The van der Waals surface area contributed by atoms with Crippen LogP contribution in [0.15, 0.2) is 30.6 Å². The zero-order chi connectivity index (χ0) is 15.4. The highest BCUT2D eigenvalue weighted by Gasteiger charge is 2.19. The Bertz CT molecular complexity index is 664. The molecule has 7 heteroatoms. The van der Waals surface area contributed by atoms with Crippen molar-refractivity contribution in [3.05, 3.63) is 47.5 Å². The molecular weight excluding hydrogens is 272 g/mol. The molecule has 2 aromatic rings. The van der Waals surface area contributed by atoms with Gasteiger partial charge in [-0.15, -0.1) is 0 Å². The van der Waals surface area contributed by atoms with Crippen LogP contribution in [-0.2, 0) is 6.54 Å². The number of anilines is 1. The molecule has 21 heavy (non-hydrogen) atoms. The first-order valence-electron chi connectivity index (χ1n) is 6.29. The molecule has 0 bridgehead atoms. The zero-order valence-corrected chi connectivity index (χ0v) is 11.8. The molecule has 2 rings (SSSR count). The van der Waals surface area contributed by atoms with Gasteiger partial charge in [-0.2, -0.15) is 0 Å². The summed E-state index contributed by atoms with van der Waals surface area (Å²) in [5.41, 5.74) is 1.27. The highest BCUT2D eigenvalue weighted by Crippen LogP contribution is 2.14. The minimum absolute atomic E-state index is 0.138. The van der Waals surface area contributed by atoms with Crippen LogP contribution >= 0.6 is 0 Å². The lowest BCUT2D eigenvalue weighted by atomic mass is 10.2. The molecule has 1 heterocycles. The van der Waals surface area contributed by atoms with Crippen LogP contribution in [0.4, 0.5) is 5.69 Å². The predicted octanol–water partition coefficient (Wildman–Crippen LogP) is 1.42. The van der Waals surface area contributed by atoms with E-state index >= 15 is 0 Å². The number of benzene rings is 1. The van der Waals surface area contributed by atoms with Gasteiger partial charge in [0.05, 0.1) is 6.33 Å². The van der Waals surface area contributed by atoms with Crippen molar-refractivity contribution in [2.75, 3.05) is 19.4 Å². The molecule has 0 aliphatic carbocycles. The summed E-state index contributed by atoms with van der Waals surface area (Å²) >= 11 is 0. The van der Waals surface area contributed by atoms with E-state index in [2.05, 4.69) is 15.3 Å². The second-order valence-corrected chi connectivity index (χ2v) is 4.82. The zero-order valence-electron chi connectivity index (χ0n) is 11.8. The van der Waals surface area contributed by atoms with E-state index in [4.69, 9.17) is 5.11 Å². The number of aromatic nitrogens is 2. The number of carboxylic acids is 1. The van der Waals surface area contributed by atoms with Gasteiger partial charge in [0.15, 0.2) is 11.4 Å². The van der Waals surface area contributed by atoms with E-state index in [0.717, 1.165) is 12.1 Å². The number of nitrogens with one attached hydrogen (secondary N) is 2. The van der Waals surface area contributed by atoms with Crippen molar-refractivity contribution in [1.82, 2.24) is 14.9 Å². The van der Waals surface area contributed by atoms with Crippen LogP contribution in [0.2, 0.25) is 0 Å². The van der Waals surface area contributed by atoms with Gasteiger partial charge in [-0.05, 0) is 31.8 Å². The van der Waals surface area contributed by atoms with Crippen molar-refractivity contribution in [1.29, 1.82) is 0 Å². The summed E-state index contributed by atoms with van der Waals surface area (Å²) in [6, 6.07) is 7.36. The van der Waals surface area contributed by atoms with Crippen molar-refractivity contribution in [2.45, 2.75) is 6.54 Å². The Morgan fingerprint density at radius 1 is 1.38 bits per heavy atom. The molecule has 3 N–H and O–H groups in total. The van der Waals surface area contributed by atoms with Gasteiger partial charge in [-0.3, -0.25) is 4.79 Å². The summed E-state index contributed by atoms with van der Waals surface area (Å²) in [7, 11) is 3.90. The molecular formula is C14H16N4O3. The molecule has 0 spiro atoms. The minimum Gasteiger partial charge on any atom is -0.477 e. The summed E-state index contributed by atoms with van der Waals surface area (Å²) in [6.07, 6.45) is 1.18. The number of carbonyl (C=O) groups excluding carboxylic acids is 1. The maximum Gasteiger partial charge on any atom is 0.354 e. The molecule has 0 atom stereocenters. The Morgan fingerprint density at radius 3 is 2.81 bits per heavy atom. The van der Waals surface area contributed by atoms with E-state index in [1.54, 1.807) is 6.07 Å². The standard InChI is InChI=1S/C14H16N4O3/c1-18(2)7-9-4-3-5-10(6-9)17-13(19)11-12(14(20)21)16-8-15-11/h3-6,8H,7H2,1-2H3,(H,15,16)(H,17,19)(H,20,21). The third kappa shape index (κ3) is 3.67. The van der Waals surface area contributed by atoms with Gasteiger partial charge < -0.3 is 20.3 Å². The number of imidazole rings is 1. The van der Waals surface area contributed by atoms with Gasteiger partial charge in [0, 0.05) is 12.2 Å². The summed E-state index contributed by atoms with van der Waals surface area (Å²) < 4.78 is 0. The molecule has 0 radical (unpaired) electrons. The number of aromatic amines is 1. The molecule has 110 valence electrons. The second kappa shape index (κ2) is 6.19. The number of H-pyrrole nitrogens is 1. The van der Waals surface area contributed by atoms with E-state index in [-0.39, 0.29) is 11.4 Å². The second-order valence-electron chi connectivity index (χ2n) is 4.82. The van der Waals surface area contributed by atoms with E-state index in [1.807, 2.05) is 37.2 Å². The number of hydrogen-bond donors (Lipinski definition) is 3. The summed E-state index contributed by atoms with van der Waals surface area (Å²) in [4.78, 5) is 31.2. The van der Waals surface area contributed by atoms with E-state index in [9.17, 15) is 9.59 Å². The molecule has 1 aromatic carbocycles. The quantitative estimate of drug-likeness (QED) is 0.773. The molecule has 0 aliphatic heterocycles. The monoisotopic (exact) mass is 288 g/mol. The van der Waals surface area contributed by atoms with Gasteiger partial charge in [0.25, 0.3) is 5.91 Å². The molecule has 0 unspecified atom stereocenters. The fraction of sp³-hybridized carbons (Fsp3) is 0.214. The Labute approximate surface area is 121 Å². The molecule has 7 nitrogen and oxygen atoms in total. The smallest absolute Gasteiger partial charge is 0.354 e. The van der Waals surface area contributed by atoms with Crippen LogP contribution in [0.1, 0.15) is 26.5 Å². The molecule has 0 saturated heterocycles. The number of aromatic carboxylic acids is 1. The minimum atomic E-state index is -1.22. The highest BCUT2D eigenvalue weighted by atomic mass is 16.4. The summed E-state index contributed by atoms with van der Waals surface area (Å²) in [6.45, 7) is 0.743. The fourth-order valence-electron chi connectivity index (χ4n) is 1.93. The topological polar surface area (TPSA) is 98.3 Å². The van der Waals surface area contributed by atoms with E-state index < -0.39 is 11.9 Å². The number of carboxylic acid groups (broad SMARTS) is 1. The van der Waals surface area contributed by atoms with E-state index in [1.165, 1.54) is 6.33 Å². The Balaban J connectivity index is 2.16. The Morgan fingerprint density at radius 2 is 2.14 bits per heavy atom. The van der Waals surface area contributed by atoms with Crippen molar-refractivity contribution < 1.29 is 14.7 Å². The molecule has 0 fully saturated rings. The fourth-order valence-corrected chi connectivity index (χ4v) is 1.93. The van der Waals surface area contributed by atoms with Crippen molar-refractivity contribution in [3.63, 3.8) is 0 Å². The third-order valence-corrected chi connectivity index (χ3v) is 2.75. The first-order valence-corrected chi connectivity index (χ1v) is 6.29. The van der Waals surface area contributed by atoms with Crippen LogP contribution in [0.3, 0.4) is 0 Å². The summed E-state index contributed by atoms with van der Waals surface area (Å²) in [5, 5.41) is 11.6. The predicted molar refractivity (Wildman–Crippen MR) is 77.3 cm³/mol. The maximum atomic E-state index is 12.1. The first kappa shape index (κ1) is 14.7. The number of amides is 1. The molecule has 1 aromatic heterocycles. The van der Waals surface area contributed by atoms with Crippen molar-refractivity contribution in [2.24, 2.45) is 0 Å². The van der Waals surface area contributed by atoms with Gasteiger partial charge >= 0.3 is 5.97 Å². The number of carbonyl (C=O) groups is 2. The largest absolute Gasteiger partial charge is 0.477 e. The Hall–Kier alpha value is -2.67. The van der Waals surface area contributed by atoms with Gasteiger partial charge in [0.2, 0.25) is 0 Å². The number of rotatable bonds is 5. The number of hydrogen-bond acceptors (Lipinski definition) is 4. The molecule has 0 aliphatic rings. The van der Waals surface area contributed by atoms with Crippen molar-refractivity contribution >= 4 is 17.6 Å². The van der Waals surface area contributed by atoms with Crippen LogP contribution in [0.25, 0.3) is 0 Å². The third-order valence-electron chi connectivity index (χ3n) is 2.75. The van der Waals surface area contributed by atoms with Crippen LogP contribution < -0.4 is 5.32 Å². The lowest BCUT2D eigenvalue weighted by Crippen LogP contribution is -2.17. The lowest BCUT2D eigenvalue weighted by molar-refractivity contribution is 0.0686. The highest BCUT2D eigenvalue weighted by molar-refractivity contribution is 6.08. The SMILES string of the molecule is CN(C)Cc1cccc(NC(=O)c2nc[nH]c2C(=O)O)c1. The van der Waals surface area contributed by atoms with Crippen LogP contribution in [0, 0.1) is 0 Å². The van der Waals surface area contributed by atoms with Gasteiger partial charge in [-0.25, -0.2) is 9.78 Å². The average molecular weight is 288 g/mol. The number of nitrogens with zero attached hydrogens (tertiary/aromatic N) is 2. The van der Waals surface area contributed by atoms with Crippen LogP contribution in [0.5, 0.6) is 0 Å². The maximum absolute atomic E-state index is 12.1. The van der Waals surface area contributed by atoms with Gasteiger partial charge in [0.1, 0.15) is 0 Å².